The lowest BCUT2D eigenvalue weighted by Crippen LogP contribution is -2.38. The van der Waals surface area contributed by atoms with E-state index in [0.717, 1.165) is 41.3 Å². The van der Waals surface area contributed by atoms with E-state index in [9.17, 15) is 0 Å². The SMILES string of the molecule is CCNC(=NCc1ccc(OCC2CC2)nc1)N(C)Cc1csc(C(C)OC)n1. The highest BCUT2D eigenvalue weighted by atomic mass is 32.1. The summed E-state index contributed by atoms with van der Waals surface area (Å²) in [4.78, 5) is 15.9. The van der Waals surface area contributed by atoms with Gasteiger partial charge in [-0.25, -0.2) is 15.0 Å². The standard InChI is InChI=1S/C21H31N5O2S/c1-5-22-21(26(3)12-18-14-29-20(25-18)15(2)27-4)24-11-17-8-9-19(23-10-17)28-13-16-6-7-16/h8-10,14-16H,5-7,11-13H2,1-4H3,(H,22,24). The van der Waals surface area contributed by atoms with Gasteiger partial charge in [0.05, 0.1) is 25.4 Å². The summed E-state index contributed by atoms with van der Waals surface area (Å²) < 4.78 is 11.0. The van der Waals surface area contributed by atoms with Gasteiger partial charge in [-0.1, -0.05) is 6.07 Å². The van der Waals surface area contributed by atoms with E-state index in [1.165, 1.54) is 12.8 Å². The summed E-state index contributed by atoms with van der Waals surface area (Å²) in [5.74, 6) is 2.26. The summed E-state index contributed by atoms with van der Waals surface area (Å²) in [6.07, 6.45) is 4.42. The zero-order chi connectivity index (χ0) is 20.6. The van der Waals surface area contributed by atoms with Crippen LogP contribution in [0.3, 0.4) is 0 Å². The molecule has 0 amide bonds. The molecule has 1 unspecified atom stereocenters. The van der Waals surface area contributed by atoms with Gasteiger partial charge in [0.15, 0.2) is 5.96 Å². The molecule has 1 saturated carbocycles. The number of ether oxygens (including phenoxy) is 2. The van der Waals surface area contributed by atoms with Gasteiger partial charge >= 0.3 is 0 Å². The normalized spacial score (nSPS) is 15.2. The molecule has 0 bridgehead atoms. The van der Waals surface area contributed by atoms with Gasteiger partial charge in [0.2, 0.25) is 5.88 Å². The topological polar surface area (TPSA) is 71.9 Å². The van der Waals surface area contributed by atoms with Gasteiger partial charge in [-0.05, 0) is 38.2 Å². The van der Waals surface area contributed by atoms with Crippen LogP contribution in [-0.2, 0) is 17.8 Å². The second-order valence-electron chi connectivity index (χ2n) is 7.34. The van der Waals surface area contributed by atoms with E-state index in [0.29, 0.717) is 19.0 Å². The van der Waals surface area contributed by atoms with Gasteiger partial charge < -0.3 is 19.7 Å². The lowest BCUT2D eigenvalue weighted by Gasteiger charge is -2.21. The Kier molecular flexibility index (Phi) is 7.83. The average molecular weight is 418 g/mol. The Morgan fingerprint density at radius 2 is 2.24 bits per heavy atom. The Labute approximate surface area is 177 Å². The molecule has 1 atom stereocenters. The number of rotatable bonds is 10. The molecular formula is C21H31N5O2S. The van der Waals surface area contributed by atoms with Gasteiger partial charge in [0.1, 0.15) is 11.1 Å². The van der Waals surface area contributed by atoms with E-state index in [1.54, 1.807) is 18.4 Å². The van der Waals surface area contributed by atoms with Crippen LogP contribution in [0.25, 0.3) is 0 Å². The van der Waals surface area contributed by atoms with Crippen molar-refractivity contribution < 1.29 is 9.47 Å². The number of aliphatic imine (C=N–C) groups is 1. The highest BCUT2D eigenvalue weighted by molar-refractivity contribution is 7.09. The fraction of sp³-hybridized carbons (Fsp3) is 0.571. The Morgan fingerprint density at radius 3 is 2.90 bits per heavy atom. The third-order valence-electron chi connectivity index (χ3n) is 4.74. The Balaban J connectivity index is 1.57. The summed E-state index contributed by atoms with van der Waals surface area (Å²) in [5.41, 5.74) is 2.07. The second kappa shape index (κ2) is 10.5. The summed E-state index contributed by atoms with van der Waals surface area (Å²) in [7, 11) is 3.72. The van der Waals surface area contributed by atoms with Crippen molar-refractivity contribution in [2.24, 2.45) is 10.9 Å². The quantitative estimate of drug-likeness (QED) is 0.470. The zero-order valence-corrected chi connectivity index (χ0v) is 18.5. The first-order valence-corrected chi connectivity index (χ1v) is 11.0. The van der Waals surface area contributed by atoms with E-state index in [-0.39, 0.29) is 6.10 Å². The number of methoxy groups -OCH3 is 1. The number of aromatic nitrogens is 2. The van der Waals surface area contributed by atoms with Crippen LogP contribution in [0.4, 0.5) is 0 Å². The lowest BCUT2D eigenvalue weighted by molar-refractivity contribution is 0.119. The fourth-order valence-corrected chi connectivity index (χ4v) is 3.56. The lowest BCUT2D eigenvalue weighted by atomic mass is 10.3. The maximum absolute atomic E-state index is 5.70. The number of nitrogens with one attached hydrogen (secondary N) is 1. The number of nitrogens with zero attached hydrogens (tertiary/aromatic N) is 4. The first-order valence-electron chi connectivity index (χ1n) is 10.1. The molecule has 2 heterocycles. The van der Waals surface area contributed by atoms with Crippen LogP contribution in [0, 0.1) is 5.92 Å². The average Bonchev–Trinajstić information content (AvgIpc) is 3.46. The van der Waals surface area contributed by atoms with Crippen molar-refractivity contribution in [2.75, 3.05) is 27.3 Å². The van der Waals surface area contributed by atoms with Gasteiger partial charge in [-0.2, -0.15) is 0 Å². The van der Waals surface area contributed by atoms with E-state index in [4.69, 9.17) is 14.5 Å². The molecule has 2 aromatic rings. The maximum Gasteiger partial charge on any atom is 0.213 e. The number of guanidine groups is 1. The molecule has 1 N–H and O–H groups in total. The summed E-state index contributed by atoms with van der Waals surface area (Å²) in [5, 5.41) is 6.42. The number of hydrogen-bond acceptors (Lipinski definition) is 6. The summed E-state index contributed by atoms with van der Waals surface area (Å²) >= 11 is 1.63. The fourth-order valence-electron chi connectivity index (χ4n) is 2.71. The highest BCUT2D eigenvalue weighted by Crippen LogP contribution is 2.29. The van der Waals surface area contributed by atoms with Crippen molar-refractivity contribution in [3.05, 3.63) is 40.0 Å². The van der Waals surface area contributed by atoms with Crippen molar-refractivity contribution in [3.8, 4) is 5.88 Å². The number of pyridine rings is 1. The molecule has 1 fully saturated rings. The zero-order valence-electron chi connectivity index (χ0n) is 17.7. The van der Waals surface area contributed by atoms with Crippen molar-refractivity contribution in [2.45, 2.75) is 45.9 Å². The molecule has 3 rings (SSSR count). The molecule has 8 heteroatoms. The highest BCUT2D eigenvalue weighted by Gasteiger charge is 2.22. The van der Waals surface area contributed by atoms with Gasteiger partial charge in [0.25, 0.3) is 0 Å². The smallest absolute Gasteiger partial charge is 0.213 e. The van der Waals surface area contributed by atoms with E-state index in [2.05, 4.69) is 32.5 Å². The molecular weight excluding hydrogens is 386 g/mol. The molecule has 0 radical (unpaired) electrons. The molecule has 0 aromatic carbocycles. The van der Waals surface area contributed by atoms with Crippen LogP contribution in [0.2, 0.25) is 0 Å². The van der Waals surface area contributed by atoms with E-state index < -0.39 is 0 Å². The van der Waals surface area contributed by atoms with E-state index in [1.807, 2.05) is 32.3 Å². The van der Waals surface area contributed by atoms with Crippen molar-refractivity contribution in [1.29, 1.82) is 0 Å². The monoisotopic (exact) mass is 417 g/mol. The van der Waals surface area contributed by atoms with E-state index >= 15 is 0 Å². The Bertz CT molecular complexity index is 789. The predicted octanol–water partition coefficient (Wildman–Crippen LogP) is 3.63. The molecule has 2 aromatic heterocycles. The minimum atomic E-state index is 0.0182. The third-order valence-corrected chi connectivity index (χ3v) is 5.79. The van der Waals surface area contributed by atoms with Gasteiger partial charge in [0, 0.05) is 38.3 Å². The van der Waals surface area contributed by atoms with Gasteiger partial charge in [-0.15, -0.1) is 11.3 Å². The first-order chi connectivity index (χ1) is 14.1. The predicted molar refractivity (Wildman–Crippen MR) is 116 cm³/mol. The van der Waals surface area contributed by atoms with Crippen LogP contribution in [0.1, 0.15) is 49.1 Å². The molecule has 0 saturated heterocycles. The van der Waals surface area contributed by atoms with Crippen LogP contribution < -0.4 is 10.1 Å². The Hall–Kier alpha value is -2.19. The van der Waals surface area contributed by atoms with Crippen molar-refractivity contribution in [3.63, 3.8) is 0 Å². The third kappa shape index (κ3) is 6.68. The van der Waals surface area contributed by atoms with Crippen LogP contribution in [-0.4, -0.2) is 48.1 Å². The van der Waals surface area contributed by atoms with Crippen LogP contribution in [0.15, 0.2) is 28.7 Å². The largest absolute Gasteiger partial charge is 0.477 e. The summed E-state index contributed by atoms with van der Waals surface area (Å²) in [6.45, 7) is 6.91. The Morgan fingerprint density at radius 1 is 1.41 bits per heavy atom. The van der Waals surface area contributed by atoms with Crippen LogP contribution >= 0.6 is 11.3 Å². The molecule has 1 aliphatic rings. The van der Waals surface area contributed by atoms with Crippen LogP contribution in [0.5, 0.6) is 5.88 Å². The first kappa shape index (κ1) is 21.5. The second-order valence-corrected chi connectivity index (χ2v) is 8.23. The van der Waals surface area contributed by atoms with Crippen molar-refractivity contribution in [1.82, 2.24) is 20.2 Å². The number of hydrogen-bond donors (Lipinski definition) is 1. The maximum atomic E-state index is 5.70. The minimum Gasteiger partial charge on any atom is -0.477 e. The minimum absolute atomic E-state index is 0.0182. The molecule has 158 valence electrons. The molecule has 1 aliphatic carbocycles. The molecule has 7 nitrogen and oxygen atoms in total. The molecule has 0 aliphatic heterocycles. The summed E-state index contributed by atoms with van der Waals surface area (Å²) in [6, 6.07) is 3.96. The number of thiazole rings is 1. The molecule has 0 spiro atoms. The molecule has 29 heavy (non-hydrogen) atoms. The van der Waals surface area contributed by atoms with Crippen molar-refractivity contribution >= 4 is 17.3 Å². The van der Waals surface area contributed by atoms with Gasteiger partial charge in [-0.3, -0.25) is 0 Å².